The van der Waals surface area contributed by atoms with Gasteiger partial charge in [0.1, 0.15) is 5.82 Å². The van der Waals surface area contributed by atoms with E-state index in [4.69, 9.17) is 16.3 Å². The minimum atomic E-state index is -0.967. The number of nitrogens with one attached hydrogen (secondary N) is 1. The molecule has 7 heteroatoms. The van der Waals surface area contributed by atoms with Crippen molar-refractivity contribution >= 4 is 29.1 Å². The minimum absolute atomic E-state index is 0.148. The summed E-state index contributed by atoms with van der Waals surface area (Å²) in [4.78, 5) is 38.4. The van der Waals surface area contributed by atoms with Gasteiger partial charge in [-0.05, 0) is 44.5 Å². The van der Waals surface area contributed by atoms with Gasteiger partial charge in [-0.1, -0.05) is 11.6 Å². The fraction of sp³-hybridized carbons (Fsp3) is 0.235. The third kappa shape index (κ3) is 3.54. The molecule has 0 unspecified atom stereocenters. The molecule has 0 amide bonds. The van der Waals surface area contributed by atoms with Crippen molar-refractivity contribution in [2.75, 3.05) is 6.61 Å². The zero-order valence-corrected chi connectivity index (χ0v) is 14.1. The van der Waals surface area contributed by atoms with E-state index in [2.05, 4.69) is 4.98 Å². The van der Waals surface area contributed by atoms with E-state index in [0.29, 0.717) is 16.8 Å². The van der Waals surface area contributed by atoms with Crippen molar-refractivity contribution in [1.82, 2.24) is 4.98 Å². The van der Waals surface area contributed by atoms with Gasteiger partial charge >= 0.3 is 5.97 Å². The summed E-state index contributed by atoms with van der Waals surface area (Å²) in [7, 11) is 0. The van der Waals surface area contributed by atoms with Crippen molar-refractivity contribution in [2.45, 2.75) is 20.8 Å². The molecule has 0 aliphatic carbocycles. The Morgan fingerprint density at radius 1 is 1.25 bits per heavy atom. The maximum absolute atomic E-state index is 13.6. The first-order valence-corrected chi connectivity index (χ1v) is 7.45. The first-order valence-electron chi connectivity index (χ1n) is 7.07. The molecular weight excluding hydrogens is 337 g/mol. The van der Waals surface area contributed by atoms with E-state index in [-0.39, 0.29) is 22.1 Å². The number of halogens is 2. The second-order valence-electron chi connectivity index (χ2n) is 5.30. The van der Waals surface area contributed by atoms with E-state index in [1.807, 2.05) is 0 Å². The number of hydrogen-bond donors (Lipinski definition) is 1. The third-order valence-electron chi connectivity index (χ3n) is 3.55. The number of aromatic amines is 1. The predicted octanol–water partition coefficient (Wildman–Crippen LogP) is 3.67. The average Bonchev–Trinajstić information content (AvgIpc) is 2.79. The smallest absolute Gasteiger partial charge is 0.341 e. The molecule has 1 N–H and O–H groups in total. The topological polar surface area (TPSA) is 76.2 Å². The Bertz CT molecular complexity index is 841. The van der Waals surface area contributed by atoms with E-state index in [9.17, 15) is 18.8 Å². The zero-order valence-electron chi connectivity index (χ0n) is 13.3. The van der Waals surface area contributed by atoms with Gasteiger partial charge in [-0.15, -0.1) is 0 Å². The molecule has 0 radical (unpaired) electrons. The molecule has 0 atom stereocenters. The fourth-order valence-corrected chi connectivity index (χ4v) is 2.65. The summed E-state index contributed by atoms with van der Waals surface area (Å²) in [6.45, 7) is 4.14. The molecule has 2 aromatic rings. The summed E-state index contributed by atoms with van der Waals surface area (Å²) in [5.74, 6) is -2.47. The molecular formula is C17H15ClFNO4. The minimum Gasteiger partial charge on any atom is -0.454 e. The van der Waals surface area contributed by atoms with Crippen LogP contribution in [0, 0.1) is 19.7 Å². The van der Waals surface area contributed by atoms with Crippen LogP contribution in [0.5, 0.6) is 0 Å². The van der Waals surface area contributed by atoms with Crippen LogP contribution in [0.4, 0.5) is 4.39 Å². The van der Waals surface area contributed by atoms with Crippen LogP contribution in [0.15, 0.2) is 18.2 Å². The molecule has 1 heterocycles. The highest BCUT2D eigenvalue weighted by molar-refractivity contribution is 6.30. The summed E-state index contributed by atoms with van der Waals surface area (Å²) in [5, 5.41) is 0.148. The summed E-state index contributed by atoms with van der Waals surface area (Å²) >= 11 is 5.61. The van der Waals surface area contributed by atoms with E-state index < -0.39 is 24.2 Å². The lowest BCUT2D eigenvalue weighted by Crippen LogP contribution is -2.16. The Labute approximate surface area is 142 Å². The van der Waals surface area contributed by atoms with Crippen LogP contribution in [0.25, 0.3) is 0 Å². The van der Waals surface area contributed by atoms with E-state index in [0.717, 1.165) is 6.07 Å². The number of benzene rings is 1. The standard InChI is InChI=1S/C17H15ClFNO4/c1-8-15(10(3)21)9(2)20-16(8)14(22)7-24-17(23)12-5-4-11(18)6-13(12)19/h4-6,20H,7H2,1-3H3. The number of esters is 1. The maximum atomic E-state index is 13.6. The van der Waals surface area contributed by atoms with Crippen LogP contribution < -0.4 is 0 Å². The molecule has 0 bridgehead atoms. The zero-order chi connectivity index (χ0) is 18.0. The van der Waals surface area contributed by atoms with E-state index >= 15 is 0 Å². The van der Waals surface area contributed by atoms with Gasteiger partial charge in [-0.2, -0.15) is 0 Å². The van der Waals surface area contributed by atoms with Gasteiger partial charge in [0, 0.05) is 16.3 Å². The number of carbonyl (C=O) groups excluding carboxylic acids is 3. The molecule has 126 valence electrons. The number of aryl methyl sites for hydroxylation is 1. The number of ether oxygens (including phenoxy) is 1. The quantitative estimate of drug-likeness (QED) is 0.658. The number of H-pyrrole nitrogens is 1. The molecule has 0 saturated carbocycles. The van der Waals surface area contributed by atoms with Crippen LogP contribution in [0.1, 0.15) is 49.4 Å². The number of rotatable bonds is 5. The molecule has 0 aliphatic heterocycles. The highest BCUT2D eigenvalue weighted by Gasteiger charge is 2.21. The highest BCUT2D eigenvalue weighted by Crippen LogP contribution is 2.19. The van der Waals surface area contributed by atoms with Gasteiger partial charge in [0.25, 0.3) is 0 Å². The number of hydrogen-bond acceptors (Lipinski definition) is 4. The second kappa shape index (κ2) is 6.97. The maximum Gasteiger partial charge on any atom is 0.341 e. The van der Waals surface area contributed by atoms with Crippen molar-refractivity contribution < 1.29 is 23.5 Å². The Balaban J connectivity index is 2.12. The summed E-state index contributed by atoms with van der Waals surface area (Å²) < 4.78 is 18.5. The van der Waals surface area contributed by atoms with Crippen LogP contribution in [0.3, 0.4) is 0 Å². The first kappa shape index (κ1) is 17.9. The van der Waals surface area contributed by atoms with E-state index in [1.54, 1.807) is 13.8 Å². The summed E-state index contributed by atoms with van der Waals surface area (Å²) in [6, 6.07) is 3.51. The molecule has 5 nitrogen and oxygen atoms in total. The summed E-state index contributed by atoms with van der Waals surface area (Å²) in [5.41, 5.74) is 1.39. The van der Waals surface area contributed by atoms with E-state index in [1.165, 1.54) is 19.1 Å². The molecule has 0 fully saturated rings. The molecule has 1 aromatic carbocycles. The van der Waals surface area contributed by atoms with Gasteiger partial charge in [0.2, 0.25) is 5.78 Å². The highest BCUT2D eigenvalue weighted by atomic mass is 35.5. The van der Waals surface area contributed by atoms with Crippen molar-refractivity contribution in [3.8, 4) is 0 Å². The SMILES string of the molecule is CC(=O)c1c(C)[nH]c(C(=O)COC(=O)c2ccc(Cl)cc2F)c1C. The van der Waals surface area contributed by atoms with Gasteiger partial charge in [0.15, 0.2) is 12.4 Å². The van der Waals surface area contributed by atoms with Crippen LogP contribution >= 0.6 is 11.6 Å². The van der Waals surface area contributed by atoms with Crippen molar-refractivity contribution in [3.63, 3.8) is 0 Å². The number of ketones is 2. The molecule has 24 heavy (non-hydrogen) atoms. The number of Topliss-reactive ketones (excluding diaryl/α,β-unsaturated/α-hetero) is 2. The Kier molecular flexibility index (Phi) is 5.19. The fourth-order valence-electron chi connectivity index (χ4n) is 2.49. The number of carbonyl (C=O) groups is 3. The Morgan fingerprint density at radius 3 is 2.46 bits per heavy atom. The van der Waals surface area contributed by atoms with Gasteiger partial charge < -0.3 is 9.72 Å². The van der Waals surface area contributed by atoms with Gasteiger partial charge in [-0.3, -0.25) is 9.59 Å². The van der Waals surface area contributed by atoms with Gasteiger partial charge in [-0.25, -0.2) is 9.18 Å². The summed E-state index contributed by atoms with van der Waals surface area (Å²) in [6.07, 6.45) is 0. The lowest BCUT2D eigenvalue weighted by atomic mass is 10.1. The molecule has 1 aromatic heterocycles. The number of aromatic nitrogens is 1. The van der Waals surface area contributed by atoms with Crippen LogP contribution in [-0.4, -0.2) is 29.1 Å². The monoisotopic (exact) mass is 351 g/mol. The molecule has 0 saturated heterocycles. The first-order chi connectivity index (χ1) is 11.2. The van der Waals surface area contributed by atoms with Crippen LogP contribution in [0.2, 0.25) is 5.02 Å². The Morgan fingerprint density at radius 2 is 1.92 bits per heavy atom. The van der Waals surface area contributed by atoms with Crippen molar-refractivity contribution in [3.05, 3.63) is 57.1 Å². The largest absolute Gasteiger partial charge is 0.454 e. The lowest BCUT2D eigenvalue weighted by molar-refractivity contribution is 0.0468. The average molecular weight is 352 g/mol. The van der Waals surface area contributed by atoms with Crippen molar-refractivity contribution in [1.29, 1.82) is 0 Å². The second-order valence-corrected chi connectivity index (χ2v) is 5.74. The third-order valence-corrected chi connectivity index (χ3v) is 3.79. The van der Waals surface area contributed by atoms with Crippen LogP contribution in [-0.2, 0) is 4.74 Å². The van der Waals surface area contributed by atoms with Crippen molar-refractivity contribution in [2.24, 2.45) is 0 Å². The molecule has 0 aliphatic rings. The predicted molar refractivity (Wildman–Crippen MR) is 86.3 cm³/mol. The molecule has 2 rings (SSSR count). The Hall–Kier alpha value is -2.47. The lowest BCUT2D eigenvalue weighted by Gasteiger charge is -2.05. The van der Waals surface area contributed by atoms with Gasteiger partial charge in [0.05, 0.1) is 11.3 Å². The molecule has 0 spiro atoms. The normalized spacial score (nSPS) is 10.5.